The van der Waals surface area contributed by atoms with Crippen LogP contribution in [0.1, 0.15) is 25.3 Å². The molecule has 4 nitrogen and oxygen atoms in total. The quantitative estimate of drug-likeness (QED) is 0.932. The predicted octanol–water partition coefficient (Wildman–Crippen LogP) is 2.48. The molecule has 0 fully saturated rings. The maximum Gasteiger partial charge on any atom is 0.438 e. The highest BCUT2D eigenvalue weighted by atomic mass is 19.4. The number of aliphatic hydroxyl groups is 1. The number of amides is 1. The molecule has 1 unspecified atom stereocenters. The third kappa shape index (κ3) is 3.07. The third-order valence-corrected chi connectivity index (χ3v) is 3.28. The Balaban J connectivity index is 2.10. The third-order valence-electron chi connectivity index (χ3n) is 3.28. The van der Waals surface area contributed by atoms with E-state index >= 15 is 0 Å². The second-order valence-electron chi connectivity index (χ2n) is 5.02. The van der Waals surface area contributed by atoms with E-state index in [1.54, 1.807) is 24.3 Å². The predicted molar refractivity (Wildman–Crippen MR) is 70.3 cm³/mol. The van der Waals surface area contributed by atoms with Crippen molar-refractivity contribution in [2.24, 2.45) is 5.10 Å². The van der Waals surface area contributed by atoms with Crippen LogP contribution in [0.15, 0.2) is 35.4 Å². The average molecular weight is 300 g/mol. The Morgan fingerprint density at radius 2 is 2.00 bits per heavy atom. The molecule has 0 spiro atoms. The molecule has 0 aliphatic carbocycles. The van der Waals surface area contributed by atoms with E-state index in [2.05, 4.69) is 5.10 Å². The zero-order valence-electron chi connectivity index (χ0n) is 11.4. The highest BCUT2D eigenvalue weighted by molar-refractivity contribution is 5.89. The molecule has 0 saturated heterocycles. The zero-order valence-corrected chi connectivity index (χ0v) is 11.4. The van der Waals surface area contributed by atoms with Crippen molar-refractivity contribution >= 4 is 11.6 Å². The van der Waals surface area contributed by atoms with Crippen LogP contribution < -0.4 is 0 Å². The van der Waals surface area contributed by atoms with E-state index in [0.717, 1.165) is 5.56 Å². The summed E-state index contributed by atoms with van der Waals surface area (Å²) in [6.45, 7) is 1.35. The number of aryl methyl sites for hydroxylation is 1. The summed E-state index contributed by atoms with van der Waals surface area (Å²) in [6, 6.07) is 8.93. The molecular formula is C14H15F3N2O2. The van der Waals surface area contributed by atoms with Crippen LogP contribution in [0.25, 0.3) is 0 Å². The number of hydrazone groups is 1. The Morgan fingerprint density at radius 1 is 1.38 bits per heavy atom. The molecule has 1 heterocycles. The van der Waals surface area contributed by atoms with Gasteiger partial charge < -0.3 is 5.11 Å². The standard InChI is InChI=1S/C14H15F3N2O2/c1-10-9-13(21,14(15,16)17)19(18-10)12(20)8-7-11-5-3-2-4-6-11/h2-6,21H,7-9H2,1H3. The van der Waals surface area contributed by atoms with E-state index in [1.165, 1.54) is 6.92 Å². The summed E-state index contributed by atoms with van der Waals surface area (Å²) in [5.74, 6) is -0.851. The fourth-order valence-corrected chi connectivity index (χ4v) is 2.20. The molecule has 0 saturated carbocycles. The molecule has 1 aromatic rings. The minimum Gasteiger partial charge on any atom is -0.362 e. The summed E-state index contributed by atoms with van der Waals surface area (Å²) >= 11 is 0. The van der Waals surface area contributed by atoms with Crippen LogP contribution in [0.5, 0.6) is 0 Å². The normalized spacial score (nSPS) is 22.3. The number of hydrogen-bond acceptors (Lipinski definition) is 3. The number of hydrogen-bond donors (Lipinski definition) is 1. The lowest BCUT2D eigenvalue weighted by Crippen LogP contribution is -2.56. The van der Waals surface area contributed by atoms with E-state index in [0.29, 0.717) is 6.42 Å². The highest BCUT2D eigenvalue weighted by Crippen LogP contribution is 2.40. The maximum absolute atomic E-state index is 13.0. The first-order chi connectivity index (χ1) is 9.74. The number of nitrogens with zero attached hydrogens (tertiary/aromatic N) is 2. The number of halogens is 3. The van der Waals surface area contributed by atoms with E-state index in [9.17, 15) is 23.1 Å². The van der Waals surface area contributed by atoms with Gasteiger partial charge in [0.05, 0.1) is 0 Å². The van der Waals surface area contributed by atoms with Crippen LogP contribution in [0.2, 0.25) is 0 Å². The van der Waals surface area contributed by atoms with Gasteiger partial charge in [0.1, 0.15) is 0 Å². The molecule has 2 rings (SSSR count). The molecule has 1 atom stereocenters. The first-order valence-electron chi connectivity index (χ1n) is 6.44. The molecule has 1 N–H and O–H groups in total. The lowest BCUT2D eigenvalue weighted by molar-refractivity contribution is -0.302. The summed E-state index contributed by atoms with van der Waals surface area (Å²) in [6.07, 6.45) is -5.53. The minimum atomic E-state index is -4.95. The summed E-state index contributed by atoms with van der Waals surface area (Å²) in [4.78, 5) is 12.0. The topological polar surface area (TPSA) is 52.9 Å². The summed E-state index contributed by atoms with van der Waals surface area (Å²) in [5, 5.41) is 13.5. The molecule has 1 aliphatic heterocycles. The second kappa shape index (κ2) is 5.48. The van der Waals surface area contributed by atoms with Gasteiger partial charge in [-0.2, -0.15) is 23.3 Å². The number of carbonyl (C=O) groups excluding carboxylic acids is 1. The van der Waals surface area contributed by atoms with Gasteiger partial charge >= 0.3 is 6.18 Å². The highest BCUT2D eigenvalue weighted by Gasteiger charge is 2.62. The molecular weight excluding hydrogens is 285 g/mol. The van der Waals surface area contributed by atoms with Crippen LogP contribution >= 0.6 is 0 Å². The second-order valence-corrected chi connectivity index (χ2v) is 5.02. The first kappa shape index (κ1) is 15.5. The number of alkyl halides is 3. The Bertz CT molecular complexity index is 557. The van der Waals surface area contributed by atoms with E-state index in [-0.39, 0.29) is 17.1 Å². The van der Waals surface area contributed by atoms with Crippen LogP contribution in [0.3, 0.4) is 0 Å². The summed E-state index contributed by atoms with van der Waals surface area (Å²) in [5.41, 5.74) is -2.32. The number of rotatable bonds is 3. The van der Waals surface area contributed by atoms with Crippen molar-refractivity contribution in [3.05, 3.63) is 35.9 Å². The van der Waals surface area contributed by atoms with E-state index in [4.69, 9.17) is 0 Å². The molecule has 1 aromatic carbocycles. The van der Waals surface area contributed by atoms with Gasteiger partial charge in [0.15, 0.2) is 0 Å². The van der Waals surface area contributed by atoms with Crippen LogP contribution in [0.4, 0.5) is 13.2 Å². The van der Waals surface area contributed by atoms with Gasteiger partial charge in [-0.25, -0.2) is 0 Å². The molecule has 7 heteroatoms. The van der Waals surface area contributed by atoms with Gasteiger partial charge in [-0.3, -0.25) is 4.79 Å². The van der Waals surface area contributed by atoms with E-state index < -0.39 is 24.2 Å². The summed E-state index contributed by atoms with van der Waals surface area (Å²) < 4.78 is 38.9. The number of carbonyl (C=O) groups is 1. The number of benzene rings is 1. The van der Waals surface area contributed by atoms with Crippen LogP contribution in [-0.2, 0) is 11.2 Å². The Kier molecular flexibility index (Phi) is 4.04. The Hall–Kier alpha value is -1.89. The lowest BCUT2D eigenvalue weighted by atomic mass is 10.1. The van der Waals surface area contributed by atoms with Crippen LogP contribution in [0, 0.1) is 0 Å². The van der Waals surface area contributed by atoms with E-state index in [1.807, 2.05) is 6.07 Å². The molecule has 1 amide bonds. The van der Waals surface area contributed by atoms with Crippen molar-refractivity contribution in [2.75, 3.05) is 0 Å². The SMILES string of the molecule is CC1=NN(C(=O)CCc2ccccc2)C(O)(C(F)(F)F)C1. The molecule has 0 bridgehead atoms. The van der Waals surface area contributed by atoms with Crippen LogP contribution in [-0.4, -0.2) is 33.6 Å². The molecule has 0 radical (unpaired) electrons. The molecule has 21 heavy (non-hydrogen) atoms. The Labute approximate surface area is 119 Å². The van der Waals surface area contributed by atoms with Gasteiger partial charge in [0.25, 0.3) is 5.72 Å². The van der Waals surface area contributed by atoms with Crippen molar-refractivity contribution in [1.29, 1.82) is 0 Å². The van der Waals surface area contributed by atoms with Gasteiger partial charge in [0.2, 0.25) is 5.91 Å². The minimum absolute atomic E-state index is 0.0721. The molecule has 114 valence electrons. The average Bonchev–Trinajstić information content (AvgIpc) is 2.73. The van der Waals surface area contributed by atoms with Crippen molar-refractivity contribution < 1.29 is 23.1 Å². The van der Waals surface area contributed by atoms with Gasteiger partial charge in [-0.1, -0.05) is 30.3 Å². The van der Waals surface area contributed by atoms with Gasteiger partial charge in [0, 0.05) is 18.6 Å². The maximum atomic E-state index is 13.0. The largest absolute Gasteiger partial charge is 0.438 e. The fraction of sp³-hybridized carbons (Fsp3) is 0.429. The Morgan fingerprint density at radius 3 is 2.57 bits per heavy atom. The smallest absolute Gasteiger partial charge is 0.362 e. The first-order valence-corrected chi connectivity index (χ1v) is 6.44. The van der Waals surface area contributed by atoms with Crippen molar-refractivity contribution in [1.82, 2.24) is 5.01 Å². The summed E-state index contributed by atoms with van der Waals surface area (Å²) in [7, 11) is 0. The monoisotopic (exact) mass is 300 g/mol. The molecule has 0 aromatic heterocycles. The lowest BCUT2D eigenvalue weighted by Gasteiger charge is -2.32. The van der Waals surface area contributed by atoms with Crippen molar-refractivity contribution in [2.45, 2.75) is 38.1 Å². The van der Waals surface area contributed by atoms with Gasteiger partial charge in [-0.15, -0.1) is 0 Å². The van der Waals surface area contributed by atoms with Crippen molar-refractivity contribution in [3.8, 4) is 0 Å². The van der Waals surface area contributed by atoms with Gasteiger partial charge in [-0.05, 0) is 18.9 Å². The fourth-order valence-electron chi connectivity index (χ4n) is 2.20. The zero-order chi connectivity index (χ0) is 15.7. The molecule has 1 aliphatic rings. The van der Waals surface area contributed by atoms with Crippen molar-refractivity contribution in [3.63, 3.8) is 0 Å².